The number of benzene rings is 2. The highest BCUT2D eigenvalue weighted by Gasteiger charge is 2.05. The summed E-state index contributed by atoms with van der Waals surface area (Å²) in [4.78, 5) is 2.52. The molecule has 2 aromatic carbocycles. The van der Waals surface area contributed by atoms with E-state index in [2.05, 4.69) is 56.3 Å². The zero-order valence-electron chi connectivity index (χ0n) is 13.4. The Balaban J connectivity index is 1.94. The second-order valence-corrected chi connectivity index (χ2v) is 7.33. The van der Waals surface area contributed by atoms with Crippen molar-refractivity contribution in [3.8, 4) is 6.07 Å². The first-order valence-corrected chi connectivity index (χ1v) is 8.67. The van der Waals surface area contributed by atoms with Crippen LogP contribution in [0.1, 0.15) is 29.2 Å². The molecule has 3 aromatic rings. The molecule has 1 nitrogen and oxygen atoms in total. The van der Waals surface area contributed by atoms with Crippen molar-refractivity contribution in [3.63, 3.8) is 0 Å². The highest BCUT2D eigenvalue weighted by atomic mass is 32.1. The summed E-state index contributed by atoms with van der Waals surface area (Å²) in [6.07, 6.45) is 3.09. The summed E-state index contributed by atoms with van der Waals surface area (Å²) in [5.74, 6) is 0.654. The number of nitrogens with zero attached hydrogens (tertiary/aromatic N) is 1. The van der Waals surface area contributed by atoms with Crippen molar-refractivity contribution >= 4 is 33.8 Å². The van der Waals surface area contributed by atoms with Crippen LogP contribution in [0.4, 0.5) is 0 Å². The number of hydrogen-bond acceptors (Lipinski definition) is 2. The quantitative estimate of drug-likeness (QED) is 0.528. The number of thiophene rings is 1. The van der Waals surface area contributed by atoms with Gasteiger partial charge >= 0.3 is 0 Å². The molecular weight excluding hydrogens is 298 g/mol. The van der Waals surface area contributed by atoms with Crippen molar-refractivity contribution in [2.75, 3.05) is 0 Å². The summed E-state index contributed by atoms with van der Waals surface area (Å²) in [6.45, 7) is 4.45. The topological polar surface area (TPSA) is 23.8 Å². The molecule has 114 valence electrons. The molecule has 0 N–H and O–H groups in total. The van der Waals surface area contributed by atoms with Gasteiger partial charge in [-0.15, -0.1) is 11.3 Å². The van der Waals surface area contributed by atoms with Crippen LogP contribution in [-0.4, -0.2) is 0 Å². The standard InChI is InChI=1S/C21H19NS/c1-15(2)11-20-9-10-21(23-20)13-19(14-22)18-8-7-16-5-3-4-6-17(16)12-18/h3-10,12-13,15H,11H2,1-2H3/b19-13+. The predicted octanol–water partition coefficient (Wildman–Crippen LogP) is 6.16. The summed E-state index contributed by atoms with van der Waals surface area (Å²) in [6, 6.07) is 21.1. The maximum absolute atomic E-state index is 9.55. The van der Waals surface area contributed by atoms with E-state index in [0.29, 0.717) is 11.5 Å². The predicted molar refractivity (Wildman–Crippen MR) is 100 cm³/mol. The fourth-order valence-corrected chi connectivity index (χ4v) is 3.83. The van der Waals surface area contributed by atoms with Crippen LogP contribution in [0.3, 0.4) is 0 Å². The van der Waals surface area contributed by atoms with Gasteiger partial charge < -0.3 is 0 Å². The van der Waals surface area contributed by atoms with E-state index in [4.69, 9.17) is 0 Å². The Hall–Kier alpha value is -2.37. The Bertz CT molecular complexity index is 893. The fraction of sp³-hybridized carbons (Fsp3) is 0.190. The van der Waals surface area contributed by atoms with Crippen LogP contribution < -0.4 is 0 Å². The number of allylic oxidation sites excluding steroid dienone is 1. The van der Waals surface area contributed by atoms with Crippen molar-refractivity contribution in [3.05, 3.63) is 69.9 Å². The monoisotopic (exact) mass is 317 g/mol. The molecule has 0 unspecified atom stereocenters. The van der Waals surface area contributed by atoms with Crippen LogP contribution in [0.5, 0.6) is 0 Å². The molecule has 23 heavy (non-hydrogen) atoms. The zero-order chi connectivity index (χ0) is 16.2. The Morgan fingerprint density at radius 2 is 1.87 bits per heavy atom. The molecule has 0 aliphatic rings. The first-order valence-electron chi connectivity index (χ1n) is 7.85. The number of hydrogen-bond donors (Lipinski definition) is 0. The fourth-order valence-electron chi connectivity index (χ4n) is 2.66. The van der Waals surface area contributed by atoms with Gasteiger partial charge in [0, 0.05) is 9.75 Å². The molecule has 0 bridgehead atoms. The zero-order valence-corrected chi connectivity index (χ0v) is 14.2. The number of fused-ring (bicyclic) bond motifs is 1. The van der Waals surface area contributed by atoms with Gasteiger partial charge in [-0.05, 0) is 52.9 Å². The smallest absolute Gasteiger partial charge is 0.0998 e. The minimum atomic E-state index is 0.654. The van der Waals surface area contributed by atoms with Crippen LogP contribution in [0.15, 0.2) is 54.6 Å². The van der Waals surface area contributed by atoms with Crippen molar-refractivity contribution in [2.45, 2.75) is 20.3 Å². The molecule has 0 aliphatic heterocycles. The van der Waals surface area contributed by atoms with Gasteiger partial charge in [-0.3, -0.25) is 0 Å². The molecule has 0 radical (unpaired) electrons. The minimum absolute atomic E-state index is 0.654. The summed E-state index contributed by atoms with van der Waals surface area (Å²) in [5.41, 5.74) is 1.69. The van der Waals surface area contributed by atoms with Gasteiger partial charge in [-0.1, -0.05) is 50.2 Å². The van der Waals surface area contributed by atoms with Crippen LogP contribution in [0.2, 0.25) is 0 Å². The van der Waals surface area contributed by atoms with Crippen molar-refractivity contribution in [1.29, 1.82) is 5.26 Å². The van der Waals surface area contributed by atoms with E-state index in [9.17, 15) is 5.26 Å². The van der Waals surface area contributed by atoms with Crippen molar-refractivity contribution in [2.24, 2.45) is 5.92 Å². The molecule has 0 saturated heterocycles. The van der Waals surface area contributed by atoms with Gasteiger partial charge in [-0.25, -0.2) is 0 Å². The lowest BCUT2D eigenvalue weighted by Crippen LogP contribution is -1.89. The van der Waals surface area contributed by atoms with Crippen LogP contribution in [-0.2, 0) is 6.42 Å². The lowest BCUT2D eigenvalue weighted by Gasteiger charge is -2.02. The Morgan fingerprint density at radius 3 is 2.61 bits per heavy atom. The van der Waals surface area contributed by atoms with Crippen LogP contribution in [0.25, 0.3) is 22.4 Å². The summed E-state index contributed by atoms with van der Waals surface area (Å²) >= 11 is 1.78. The summed E-state index contributed by atoms with van der Waals surface area (Å²) in [5, 5.41) is 11.9. The molecule has 0 atom stereocenters. The average molecular weight is 317 g/mol. The first kappa shape index (κ1) is 15.5. The van der Waals surface area contributed by atoms with Gasteiger partial charge in [0.25, 0.3) is 0 Å². The third-order valence-electron chi connectivity index (χ3n) is 3.76. The van der Waals surface area contributed by atoms with E-state index < -0.39 is 0 Å². The highest BCUT2D eigenvalue weighted by Crippen LogP contribution is 2.26. The lowest BCUT2D eigenvalue weighted by atomic mass is 10.0. The molecule has 2 heteroatoms. The molecule has 1 aromatic heterocycles. The maximum atomic E-state index is 9.55. The largest absolute Gasteiger partial charge is 0.192 e. The third kappa shape index (κ3) is 3.70. The first-order chi connectivity index (χ1) is 11.2. The lowest BCUT2D eigenvalue weighted by molar-refractivity contribution is 0.654. The molecular formula is C21H19NS. The van der Waals surface area contributed by atoms with Gasteiger partial charge in [0.05, 0.1) is 11.6 Å². The van der Waals surface area contributed by atoms with Crippen molar-refractivity contribution in [1.82, 2.24) is 0 Å². The van der Waals surface area contributed by atoms with Crippen LogP contribution in [0, 0.1) is 17.2 Å². The normalized spacial score (nSPS) is 11.8. The molecule has 0 saturated carbocycles. The second-order valence-electron chi connectivity index (χ2n) is 6.13. The Morgan fingerprint density at radius 1 is 1.09 bits per heavy atom. The van der Waals surface area contributed by atoms with Gasteiger partial charge in [0.2, 0.25) is 0 Å². The van der Waals surface area contributed by atoms with Gasteiger partial charge in [0.15, 0.2) is 0 Å². The van der Waals surface area contributed by atoms with Crippen molar-refractivity contribution < 1.29 is 0 Å². The molecule has 3 rings (SSSR count). The van der Waals surface area contributed by atoms with Crippen LogP contribution >= 0.6 is 11.3 Å². The van der Waals surface area contributed by atoms with E-state index in [-0.39, 0.29) is 0 Å². The summed E-state index contributed by atoms with van der Waals surface area (Å²) < 4.78 is 0. The number of rotatable bonds is 4. The van der Waals surface area contributed by atoms with E-state index in [1.165, 1.54) is 10.3 Å². The molecule has 0 aliphatic carbocycles. The van der Waals surface area contributed by atoms with Gasteiger partial charge in [0.1, 0.15) is 0 Å². The molecule has 0 fully saturated rings. The van der Waals surface area contributed by atoms with E-state index >= 15 is 0 Å². The SMILES string of the molecule is CC(C)Cc1ccc(/C=C(\C#N)c2ccc3ccccc3c2)s1. The average Bonchev–Trinajstić information content (AvgIpc) is 2.98. The Kier molecular flexibility index (Phi) is 4.60. The highest BCUT2D eigenvalue weighted by molar-refractivity contribution is 7.12. The third-order valence-corrected chi connectivity index (χ3v) is 4.81. The van der Waals surface area contributed by atoms with E-state index in [1.54, 1.807) is 11.3 Å². The maximum Gasteiger partial charge on any atom is 0.0998 e. The second kappa shape index (κ2) is 6.81. The summed E-state index contributed by atoms with van der Waals surface area (Å²) in [7, 11) is 0. The number of nitriles is 1. The Labute approximate surface area is 141 Å². The molecule has 0 amide bonds. The molecule has 1 heterocycles. The minimum Gasteiger partial charge on any atom is -0.192 e. The van der Waals surface area contributed by atoms with E-state index in [0.717, 1.165) is 22.2 Å². The van der Waals surface area contributed by atoms with Gasteiger partial charge in [-0.2, -0.15) is 5.26 Å². The molecule has 0 spiro atoms. The van der Waals surface area contributed by atoms with E-state index in [1.807, 2.05) is 24.3 Å².